The Morgan fingerprint density at radius 1 is 0.870 bits per heavy atom. The van der Waals surface area contributed by atoms with Crippen molar-refractivity contribution in [2.45, 2.75) is 46.6 Å². The molecule has 132 valence electrons. The second-order valence-corrected chi connectivity index (χ2v) is 9.14. The summed E-state index contributed by atoms with van der Waals surface area (Å²) in [4.78, 5) is 0. The van der Waals surface area contributed by atoms with Gasteiger partial charge in [-0.15, -0.1) is 0 Å². The molecule has 0 saturated carbocycles. The molecule has 0 heterocycles. The number of nitrogens with zero attached hydrogens (tertiary/aromatic N) is 1. The lowest BCUT2D eigenvalue weighted by Gasteiger charge is -2.46. The van der Waals surface area contributed by atoms with Crippen LogP contribution in [-0.4, -0.2) is 47.0 Å². The Hall–Kier alpha value is -0.723. The van der Waals surface area contributed by atoms with Gasteiger partial charge in [0, 0.05) is 31.8 Å². The monoisotopic (exact) mass is 340 g/mol. The molecule has 0 aliphatic carbocycles. The molecule has 1 atom stereocenters. The zero-order chi connectivity index (χ0) is 17.3. The summed E-state index contributed by atoms with van der Waals surface area (Å²) in [5, 5.41) is 0. The summed E-state index contributed by atoms with van der Waals surface area (Å²) >= 11 is 0. The number of rotatable bonds is 11. The maximum atomic E-state index is 6.19. The number of quaternary nitrogens is 1. The molecule has 0 amide bonds. The van der Waals surface area contributed by atoms with E-state index in [1.807, 2.05) is 20.8 Å². The van der Waals surface area contributed by atoms with Gasteiger partial charge in [0.05, 0.1) is 14.1 Å². The molecule has 1 aromatic carbocycles. The first kappa shape index (κ1) is 20.3. The number of hydrogen-bond donors (Lipinski definition) is 0. The van der Waals surface area contributed by atoms with E-state index in [2.05, 4.69) is 51.4 Å². The molecule has 0 aliphatic rings. The zero-order valence-electron chi connectivity index (χ0n) is 15.7. The van der Waals surface area contributed by atoms with Crippen molar-refractivity contribution in [3.05, 3.63) is 35.9 Å². The Balaban J connectivity index is 3.31. The predicted octanol–water partition coefficient (Wildman–Crippen LogP) is 4.15. The van der Waals surface area contributed by atoms with Gasteiger partial charge in [0.25, 0.3) is 0 Å². The molecule has 0 fully saturated rings. The molecule has 0 aliphatic heterocycles. The van der Waals surface area contributed by atoms with Gasteiger partial charge in [-0.3, -0.25) is 0 Å². The first-order valence-electron chi connectivity index (χ1n) is 8.79. The second kappa shape index (κ2) is 9.54. The van der Waals surface area contributed by atoms with E-state index >= 15 is 0 Å². The summed E-state index contributed by atoms with van der Waals surface area (Å²) in [5.41, 5.74) is 1.32. The van der Waals surface area contributed by atoms with E-state index < -0.39 is 8.97 Å². The van der Waals surface area contributed by atoms with Crippen LogP contribution in [0.15, 0.2) is 30.3 Å². The van der Waals surface area contributed by atoms with Crippen molar-refractivity contribution in [2.24, 2.45) is 0 Å². The van der Waals surface area contributed by atoms with Crippen LogP contribution >= 0.6 is 0 Å². The largest absolute Gasteiger partial charge is 0.784 e. The fraction of sp³-hybridized carbons (Fsp3) is 0.667. The van der Waals surface area contributed by atoms with Crippen molar-refractivity contribution in [1.29, 1.82) is 0 Å². The molecule has 1 rings (SSSR count). The summed E-state index contributed by atoms with van der Waals surface area (Å²) in [5.74, 6) is 0. The van der Waals surface area contributed by atoms with Gasteiger partial charge in [0.15, 0.2) is 0 Å². The minimum absolute atomic E-state index is 0.289. The van der Waals surface area contributed by atoms with Crippen LogP contribution in [0, 0.1) is 0 Å². The third-order valence-electron chi connectivity index (χ3n) is 4.21. The highest BCUT2D eigenvalue weighted by atomic mass is 28.4. The third-order valence-corrected chi connectivity index (χ3v) is 7.90. The second-order valence-electron chi connectivity index (χ2n) is 6.08. The molecule has 0 bridgehead atoms. The van der Waals surface area contributed by atoms with Gasteiger partial charge in [0.1, 0.15) is 6.04 Å². The van der Waals surface area contributed by atoms with Crippen LogP contribution in [0.5, 0.6) is 0 Å². The van der Waals surface area contributed by atoms with Crippen LogP contribution in [0.4, 0.5) is 0 Å². The third kappa shape index (κ3) is 4.64. The Morgan fingerprint density at radius 2 is 1.35 bits per heavy atom. The molecule has 1 aromatic rings. The zero-order valence-corrected chi connectivity index (χ0v) is 16.7. The van der Waals surface area contributed by atoms with Crippen molar-refractivity contribution in [2.75, 3.05) is 33.9 Å². The molecule has 0 N–H and O–H groups in total. The molecular weight excluding hydrogens is 306 g/mol. The molecule has 4 nitrogen and oxygen atoms in total. The number of hydrogen-bond acceptors (Lipinski definition) is 3. The van der Waals surface area contributed by atoms with Gasteiger partial charge in [-0.25, -0.2) is 0 Å². The predicted molar refractivity (Wildman–Crippen MR) is 96.8 cm³/mol. The van der Waals surface area contributed by atoms with Crippen LogP contribution in [0.2, 0.25) is 0 Å². The highest BCUT2D eigenvalue weighted by Gasteiger charge is 2.64. The van der Waals surface area contributed by atoms with Gasteiger partial charge in [-0.05, 0) is 20.8 Å². The van der Waals surface area contributed by atoms with E-state index in [1.54, 1.807) is 0 Å². The summed E-state index contributed by atoms with van der Waals surface area (Å²) in [6.07, 6.45) is 2.18. The lowest BCUT2D eigenvalue weighted by molar-refractivity contribution is -0.853. The molecular formula is C18H34NO3Si+. The normalized spacial score (nSPS) is 14.0. The van der Waals surface area contributed by atoms with E-state index in [4.69, 9.17) is 13.3 Å². The molecule has 0 aromatic heterocycles. The Labute approximate surface area is 143 Å². The maximum Gasteiger partial charge on any atom is 0.784 e. The first-order valence-corrected chi connectivity index (χ1v) is 10.5. The van der Waals surface area contributed by atoms with E-state index in [9.17, 15) is 0 Å². The average molecular weight is 341 g/mol. The molecule has 0 radical (unpaired) electrons. The lowest BCUT2D eigenvalue weighted by Crippen LogP contribution is -2.70. The number of benzene rings is 1. The molecule has 23 heavy (non-hydrogen) atoms. The minimum Gasteiger partial charge on any atom is -0.325 e. The summed E-state index contributed by atoms with van der Waals surface area (Å²) in [7, 11) is 1.52. The highest BCUT2D eigenvalue weighted by molar-refractivity contribution is 6.52. The Bertz CT molecular complexity index is 422. The molecule has 0 saturated heterocycles. The van der Waals surface area contributed by atoms with Gasteiger partial charge >= 0.3 is 8.97 Å². The van der Waals surface area contributed by atoms with Crippen LogP contribution < -0.4 is 0 Å². The quantitative estimate of drug-likeness (QED) is 0.566. The van der Waals surface area contributed by atoms with E-state index in [0.717, 1.165) is 12.8 Å². The van der Waals surface area contributed by atoms with Crippen molar-refractivity contribution < 1.29 is 17.4 Å². The molecule has 0 spiro atoms. The maximum absolute atomic E-state index is 6.19. The minimum atomic E-state index is -2.87. The summed E-state index contributed by atoms with van der Waals surface area (Å²) < 4.78 is 19.2. The molecule has 1 unspecified atom stereocenters. The standard InChI is InChI=1S/C18H34NO3Si/c1-7-14-18(17-15-12-11-13-16-17)19(5,6)23(20-8-2,21-9-3)22-10-4/h11-13,15-16,18H,7-10,14H2,1-6H3/q+1. The fourth-order valence-corrected chi connectivity index (χ4v) is 6.18. The first-order chi connectivity index (χ1) is 11.0. The van der Waals surface area contributed by atoms with Gasteiger partial charge in [-0.1, -0.05) is 43.7 Å². The van der Waals surface area contributed by atoms with E-state index in [-0.39, 0.29) is 6.04 Å². The average Bonchev–Trinajstić information content (AvgIpc) is 2.53. The van der Waals surface area contributed by atoms with Crippen LogP contribution in [0.1, 0.15) is 52.1 Å². The topological polar surface area (TPSA) is 27.7 Å². The summed E-state index contributed by atoms with van der Waals surface area (Å²) in [6, 6.07) is 10.9. The van der Waals surface area contributed by atoms with E-state index in [0.29, 0.717) is 24.0 Å². The summed E-state index contributed by atoms with van der Waals surface area (Å²) in [6.45, 7) is 10.1. The smallest absolute Gasteiger partial charge is 0.325 e. The van der Waals surface area contributed by atoms with Crippen LogP contribution in [0.25, 0.3) is 0 Å². The highest BCUT2D eigenvalue weighted by Crippen LogP contribution is 2.36. The van der Waals surface area contributed by atoms with Crippen LogP contribution in [0.3, 0.4) is 0 Å². The fourth-order valence-electron chi connectivity index (χ4n) is 3.17. The Kier molecular flexibility index (Phi) is 8.43. The van der Waals surface area contributed by atoms with Crippen molar-refractivity contribution in [3.8, 4) is 0 Å². The van der Waals surface area contributed by atoms with Crippen molar-refractivity contribution in [3.63, 3.8) is 0 Å². The van der Waals surface area contributed by atoms with Crippen molar-refractivity contribution >= 4 is 8.97 Å². The molecule has 5 heteroatoms. The van der Waals surface area contributed by atoms with Crippen LogP contribution in [-0.2, 0) is 13.3 Å². The Morgan fingerprint density at radius 3 is 1.74 bits per heavy atom. The van der Waals surface area contributed by atoms with Crippen molar-refractivity contribution in [1.82, 2.24) is 0 Å². The lowest BCUT2D eigenvalue weighted by atomic mass is 10.0. The SMILES string of the molecule is CCCC(c1ccccc1)[N+](C)(C)[Si](OCC)(OCC)OCC. The van der Waals surface area contributed by atoms with Gasteiger partial charge in [0.2, 0.25) is 0 Å². The van der Waals surface area contributed by atoms with E-state index in [1.165, 1.54) is 5.56 Å². The van der Waals surface area contributed by atoms with Gasteiger partial charge < -0.3 is 17.4 Å². The van der Waals surface area contributed by atoms with Gasteiger partial charge in [-0.2, -0.15) is 0 Å².